The fourth-order valence-corrected chi connectivity index (χ4v) is 3.98. The Kier molecular flexibility index (Phi) is 4.92. The van der Waals surface area contributed by atoms with E-state index in [1.807, 2.05) is 59.3 Å². The molecule has 0 bridgehead atoms. The van der Waals surface area contributed by atoms with Gasteiger partial charge < -0.3 is 0 Å². The maximum Gasteiger partial charge on any atom is 0.103 e. The van der Waals surface area contributed by atoms with E-state index in [1.54, 1.807) is 0 Å². The minimum atomic E-state index is 0.687. The van der Waals surface area contributed by atoms with Gasteiger partial charge in [-0.3, -0.25) is 0 Å². The molecule has 3 heteroatoms. The van der Waals surface area contributed by atoms with E-state index in [0.29, 0.717) is 5.02 Å². The molecule has 0 aliphatic heterocycles. The predicted octanol–water partition coefficient (Wildman–Crippen LogP) is 7.53. The maximum atomic E-state index is 6.62. The van der Waals surface area contributed by atoms with Gasteiger partial charge >= 0.3 is 0 Å². The van der Waals surface area contributed by atoms with Gasteiger partial charge in [-0.15, -0.1) is 0 Å². The number of hydrogen-bond acceptors (Lipinski definition) is 1. The van der Waals surface area contributed by atoms with E-state index in [-0.39, 0.29) is 0 Å². The van der Waals surface area contributed by atoms with Crippen LogP contribution in [0.15, 0.2) is 115 Å². The molecule has 0 unspecified atom stereocenters. The van der Waals surface area contributed by atoms with Gasteiger partial charge in [-0.05, 0) is 23.8 Å². The third-order valence-electron chi connectivity index (χ3n) is 5.12. The molecule has 0 radical (unpaired) electrons. The van der Waals surface area contributed by atoms with Crippen LogP contribution in [0.3, 0.4) is 0 Å². The zero-order valence-corrected chi connectivity index (χ0v) is 17.0. The fraction of sp³-hybridized carbons (Fsp3) is 0. The number of benzene rings is 4. The second-order valence-electron chi connectivity index (χ2n) is 7.03. The Morgan fingerprint density at radius 2 is 1.10 bits per heavy atom. The normalized spacial score (nSPS) is 10.8. The minimum Gasteiger partial charge on any atom is -0.232 e. The lowest BCUT2D eigenvalue weighted by Crippen LogP contribution is -1.99. The van der Waals surface area contributed by atoms with Crippen molar-refractivity contribution in [2.45, 2.75) is 0 Å². The molecule has 0 saturated carbocycles. The van der Waals surface area contributed by atoms with Crippen LogP contribution in [0.2, 0.25) is 5.02 Å². The largest absolute Gasteiger partial charge is 0.232 e. The van der Waals surface area contributed by atoms with Crippen molar-refractivity contribution in [3.05, 3.63) is 120 Å². The summed E-state index contributed by atoms with van der Waals surface area (Å²) in [5, 5.41) is 5.78. The maximum absolute atomic E-state index is 6.62. The lowest BCUT2D eigenvalue weighted by Gasteiger charge is -2.11. The van der Waals surface area contributed by atoms with Crippen molar-refractivity contribution in [2.75, 3.05) is 0 Å². The van der Waals surface area contributed by atoms with Gasteiger partial charge in [0.05, 0.1) is 16.4 Å². The number of rotatable bonds is 4. The predicted molar refractivity (Wildman–Crippen MR) is 125 cm³/mol. The average molecular weight is 407 g/mol. The Morgan fingerprint density at radius 1 is 0.567 bits per heavy atom. The standard InChI is InChI=1S/C27H19ClN2/c28-24-19-11-10-18-23(24)26-25(20-12-4-1-5-13-20)27(21-14-6-2-7-15-21)30(29-26)22-16-8-3-9-17-22/h1-19H. The molecule has 0 spiro atoms. The molecule has 0 amide bonds. The molecule has 5 rings (SSSR count). The Balaban J connectivity index is 1.91. The van der Waals surface area contributed by atoms with E-state index in [2.05, 4.69) is 60.7 Å². The van der Waals surface area contributed by atoms with Gasteiger partial charge in [0, 0.05) is 16.7 Å². The van der Waals surface area contributed by atoms with Crippen molar-refractivity contribution in [1.82, 2.24) is 9.78 Å². The monoisotopic (exact) mass is 406 g/mol. The van der Waals surface area contributed by atoms with Crippen molar-refractivity contribution in [3.8, 4) is 39.3 Å². The summed E-state index contributed by atoms with van der Waals surface area (Å²) in [5.74, 6) is 0. The molecular weight excluding hydrogens is 388 g/mol. The van der Waals surface area contributed by atoms with Crippen molar-refractivity contribution < 1.29 is 0 Å². The van der Waals surface area contributed by atoms with E-state index in [1.165, 1.54) is 0 Å². The molecule has 0 aliphatic rings. The molecule has 4 aromatic carbocycles. The summed E-state index contributed by atoms with van der Waals surface area (Å²) in [6, 6.07) is 38.9. The molecule has 5 aromatic rings. The van der Waals surface area contributed by atoms with Crippen molar-refractivity contribution >= 4 is 11.6 Å². The van der Waals surface area contributed by atoms with Gasteiger partial charge in [-0.25, -0.2) is 4.68 Å². The third-order valence-corrected chi connectivity index (χ3v) is 5.45. The van der Waals surface area contributed by atoms with Crippen molar-refractivity contribution in [3.63, 3.8) is 0 Å². The SMILES string of the molecule is Clc1ccccc1-c1nn(-c2ccccc2)c(-c2ccccc2)c1-c1ccccc1. The topological polar surface area (TPSA) is 17.8 Å². The molecule has 0 saturated heterocycles. The lowest BCUT2D eigenvalue weighted by atomic mass is 9.95. The van der Waals surface area contributed by atoms with Crippen LogP contribution in [0, 0.1) is 0 Å². The van der Waals surface area contributed by atoms with Crippen LogP contribution in [-0.4, -0.2) is 9.78 Å². The first-order chi connectivity index (χ1) is 14.8. The van der Waals surface area contributed by atoms with Crippen LogP contribution < -0.4 is 0 Å². The van der Waals surface area contributed by atoms with Crippen LogP contribution in [-0.2, 0) is 0 Å². The van der Waals surface area contributed by atoms with Gasteiger partial charge in [0.2, 0.25) is 0 Å². The highest BCUT2D eigenvalue weighted by Crippen LogP contribution is 2.42. The molecule has 0 fully saturated rings. The number of hydrogen-bond donors (Lipinski definition) is 0. The molecule has 0 N–H and O–H groups in total. The number of para-hydroxylation sites is 1. The Morgan fingerprint density at radius 3 is 1.73 bits per heavy atom. The summed E-state index contributed by atoms with van der Waals surface area (Å²) in [5.41, 5.74) is 7.12. The van der Waals surface area contributed by atoms with Gasteiger partial charge in [0.1, 0.15) is 5.69 Å². The van der Waals surface area contributed by atoms with Crippen molar-refractivity contribution in [1.29, 1.82) is 0 Å². The van der Waals surface area contributed by atoms with Crippen LogP contribution in [0.25, 0.3) is 39.3 Å². The Labute approximate surface area is 181 Å². The lowest BCUT2D eigenvalue weighted by molar-refractivity contribution is 0.892. The summed E-state index contributed by atoms with van der Waals surface area (Å²) >= 11 is 6.62. The van der Waals surface area contributed by atoms with Crippen LogP contribution >= 0.6 is 11.6 Å². The smallest absolute Gasteiger partial charge is 0.103 e. The molecular formula is C27H19ClN2. The molecule has 1 heterocycles. The summed E-state index contributed by atoms with van der Waals surface area (Å²) in [6.07, 6.45) is 0. The quantitative estimate of drug-likeness (QED) is 0.301. The van der Waals surface area contributed by atoms with E-state index >= 15 is 0 Å². The molecule has 144 valence electrons. The number of halogens is 1. The Hall–Kier alpha value is -3.62. The van der Waals surface area contributed by atoms with E-state index in [4.69, 9.17) is 16.7 Å². The fourth-order valence-electron chi connectivity index (χ4n) is 3.76. The average Bonchev–Trinajstić information content (AvgIpc) is 3.21. The van der Waals surface area contributed by atoms with Gasteiger partial charge in [-0.1, -0.05) is 109 Å². The summed E-state index contributed by atoms with van der Waals surface area (Å²) in [4.78, 5) is 0. The molecule has 30 heavy (non-hydrogen) atoms. The summed E-state index contributed by atoms with van der Waals surface area (Å²) in [7, 11) is 0. The number of nitrogens with zero attached hydrogens (tertiary/aromatic N) is 2. The van der Waals surface area contributed by atoms with E-state index in [0.717, 1.165) is 39.3 Å². The molecule has 2 nitrogen and oxygen atoms in total. The van der Waals surface area contributed by atoms with Crippen molar-refractivity contribution in [2.24, 2.45) is 0 Å². The van der Waals surface area contributed by atoms with Gasteiger partial charge in [-0.2, -0.15) is 5.10 Å². The minimum absolute atomic E-state index is 0.687. The van der Waals surface area contributed by atoms with Gasteiger partial charge in [0.15, 0.2) is 0 Å². The van der Waals surface area contributed by atoms with E-state index < -0.39 is 0 Å². The van der Waals surface area contributed by atoms with Crippen LogP contribution in [0.1, 0.15) is 0 Å². The second kappa shape index (κ2) is 8.02. The zero-order chi connectivity index (χ0) is 20.3. The summed E-state index contributed by atoms with van der Waals surface area (Å²) in [6.45, 7) is 0. The summed E-state index contributed by atoms with van der Waals surface area (Å²) < 4.78 is 2.02. The van der Waals surface area contributed by atoms with Crippen LogP contribution in [0.5, 0.6) is 0 Å². The highest BCUT2D eigenvalue weighted by atomic mass is 35.5. The zero-order valence-electron chi connectivity index (χ0n) is 16.2. The van der Waals surface area contributed by atoms with Crippen LogP contribution in [0.4, 0.5) is 0 Å². The second-order valence-corrected chi connectivity index (χ2v) is 7.44. The highest BCUT2D eigenvalue weighted by molar-refractivity contribution is 6.33. The highest BCUT2D eigenvalue weighted by Gasteiger charge is 2.23. The number of aromatic nitrogens is 2. The first-order valence-electron chi connectivity index (χ1n) is 9.87. The van der Waals surface area contributed by atoms with E-state index in [9.17, 15) is 0 Å². The first-order valence-corrected chi connectivity index (χ1v) is 10.2. The first kappa shape index (κ1) is 18.4. The molecule has 0 aliphatic carbocycles. The molecule has 1 aromatic heterocycles. The molecule has 0 atom stereocenters. The Bertz CT molecular complexity index is 1280. The third kappa shape index (κ3) is 3.32. The van der Waals surface area contributed by atoms with Gasteiger partial charge in [0.25, 0.3) is 0 Å².